The highest BCUT2D eigenvalue weighted by Gasteiger charge is 2.04. The van der Waals surface area contributed by atoms with E-state index >= 15 is 0 Å². The summed E-state index contributed by atoms with van der Waals surface area (Å²) in [5.74, 6) is 0. The molecule has 2 aromatic rings. The minimum absolute atomic E-state index is 0.132. The fourth-order valence-corrected chi connectivity index (χ4v) is 1.12. The maximum absolute atomic E-state index is 11.4. The molecule has 0 amide bonds. The summed E-state index contributed by atoms with van der Waals surface area (Å²) in [5.41, 5.74) is 1.98. The van der Waals surface area contributed by atoms with Gasteiger partial charge < -0.3 is 4.42 Å². The van der Waals surface area contributed by atoms with Crippen molar-refractivity contribution in [2.75, 3.05) is 5.43 Å². The van der Waals surface area contributed by atoms with Crippen LogP contribution in [0.2, 0.25) is 0 Å². The van der Waals surface area contributed by atoms with Crippen molar-refractivity contribution >= 4 is 6.01 Å². The SMILES string of the molecule is Cc1cc(=O)c(=NNc2ncco2)c1=O. The summed E-state index contributed by atoms with van der Waals surface area (Å²) in [5, 5.41) is 3.49. The molecular formula is C9H7N3O3. The van der Waals surface area contributed by atoms with E-state index < -0.39 is 5.43 Å². The molecule has 0 fully saturated rings. The third-order valence-corrected chi connectivity index (χ3v) is 1.85. The molecule has 1 N–H and O–H groups in total. The van der Waals surface area contributed by atoms with Gasteiger partial charge in [-0.1, -0.05) is 0 Å². The molecule has 6 nitrogen and oxygen atoms in total. The Morgan fingerprint density at radius 1 is 1.47 bits per heavy atom. The van der Waals surface area contributed by atoms with E-state index in [0.29, 0.717) is 5.56 Å². The highest BCUT2D eigenvalue weighted by Crippen LogP contribution is 1.98. The lowest BCUT2D eigenvalue weighted by Crippen LogP contribution is -2.33. The fraction of sp³-hybridized carbons (Fsp3) is 0.111. The van der Waals surface area contributed by atoms with Crippen molar-refractivity contribution in [2.45, 2.75) is 6.92 Å². The molecule has 0 aliphatic carbocycles. The van der Waals surface area contributed by atoms with Crippen LogP contribution in [0.3, 0.4) is 0 Å². The van der Waals surface area contributed by atoms with Gasteiger partial charge >= 0.3 is 6.01 Å². The van der Waals surface area contributed by atoms with E-state index in [1.54, 1.807) is 6.92 Å². The molecule has 0 radical (unpaired) electrons. The van der Waals surface area contributed by atoms with Crippen molar-refractivity contribution in [1.82, 2.24) is 4.98 Å². The average molecular weight is 205 g/mol. The Morgan fingerprint density at radius 3 is 2.80 bits per heavy atom. The monoisotopic (exact) mass is 205 g/mol. The Bertz CT molecular complexity index is 606. The molecular weight excluding hydrogens is 198 g/mol. The van der Waals surface area contributed by atoms with Crippen LogP contribution in [0.1, 0.15) is 5.56 Å². The van der Waals surface area contributed by atoms with Crippen molar-refractivity contribution in [2.24, 2.45) is 5.10 Å². The maximum atomic E-state index is 11.4. The summed E-state index contributed by atoms with van der Waals surface area (Å²) in [4.78, 5) is 26.3. The van der Waals surface area contributed by atoms with Crippen LogP contribution in [0.15, 0.2) is 37.6 Å². The van der Waals surface area contributed by atoms with Gasteiger partial charge in [0.25, 0.3) is 0 Å². The number of anilines is 1. The van der Waals surface area contributed by atoms with E-state index in [-0.39, 0.29) is 16.8 Å². The number of nitrogens with zero attached hydrogens (tertiary/aromatic N) is 2. The summed E-state index contributed by atoms with van der Waals surface area (Å²) < 4.78 is 4.82. The molecule has 0 saturated heterocycles. The summed E-state index contributed by atoms with van der Waals surface area (Å²) in [6.45, 7) is 1.56. The van der Waals surface area contributed by atoms with Gasteiger partial charge in [-0.3, -0.25) is 9.59 Å². The Morgan fingerprint density at radius 2 is 2.27 bits per heavy atom. The second-order valence-electron chi connectivity index (χ2n) is 2.93. The smallest absolute Gasteiger partial charge is 0.315 e. The third-order valence-electron chi connectivity index (χ3n) is 1.85. The lowest BCUT2D eigenvalue weighted by atomic mass is 10.4. The third kappa shape index (κ3) is 1.69. The van der Waals surface area contributed by atoms with Crippen LogP contribution in [0.25, 0.3) is 0 Å². The zero-order valence-electron chi connectivity index (χ0n) is 7.85. The van der Waals surface area contributed by atoms with Crippen LogP contribution in [-0.2, 0) is 0 Å². The molecule has 0 aliphatic rings. The van der Waals surface area contributed by atoms with Gasteiger partial charge in [-0.2, -0.15) is 5.10 Å². The van der Waals surface area contributed by atoms with Crippen molar-refractivity contribution < 1.29 is 4.42 Å². The number of oxazole rings is 1. The summed E-state index contributed by atoms with van der Waals surface area (Å²) in [6.07, 6.45) is 2.77. The molecule has 1 aromatic carbocycles. The molecule has 0 unspecified atom stereocenters. The quantitative estimate of drug-likeness (QED) is 0.668. The van der Waals surface area contributed by atoms with Crippen molar-refractivity contribution in [3.05, 3.63) is 49.9 Å². The normalized spacial score (nSPS) is 11.9. The van der Waals surface area contributed by atoms with E-state index in [4.69, 9.17) is 4.42 Å². The molecule has 0 saturated carbocycles. The average Bonchev–Trinajstić information content (AvgIpc) is 2.76. The zero-order valence-corrected chi connectivity index (χ0v) is 7.85. The van der Waals surface area contributed by atoms with Gasteiger partial charge in [0, 0.05) is 5.56 Å². The number of aryl methyl sites for hydroxylation is 1. The first-order chi connectivity index (χ1) is 7.18. The lowest BCUT2D eigenvalue weighted by Gasteiger charge is -1.87. The molecule has 2 rings (SSSR count). The van der Waals surface area contributed by atoms with Crippen molar-refractivity contribution in [3.63, 3.8) is 0 Å². The van der Waals surface area contributed by atoms with Gasteiger partial charge in [0.2, 0.25) is 10.9 Å². The molecule has 6 heteroatoms. The number of hydrogen-bond donors (Lipinski definition) is 1. The number of hydrogen-bond acceptors (Lipinski definition) is 6. The Hall–Kier alpha value is -2.24. The summed E-state index contributed by atoms with van der Waals surface area (Å²) in [6, 6.07) is 1.38. The summed E-state index contributed by atoms with van der Waals surface area (Å²) in [7, 11) is 0. The van der Waals surface area contributed by atoms with Crippen LogP contribution < -0.4 is 21.6 Å². The zero-order chi connectivity index (χ0) is 10.8. The first-order valence-electron chi connectivity index (χ1n) is 4.19. The second-order valence-corrected chi connectivity index (χ2v) is 2.93. The van der Waals surface area contributed by atoms with Gasteiger partial charge in [-0.05, 0) is 13.0 Å². The van der Waals surface area contributed by atoms with Gasteiger partial charge in [-0.15, -0.1) is 0 Å². The van der Waals surface area contributed by atoms with Gasteiger partial charge in [0.15, 0.2) is 5.36 Å². The topological polar surface area (TPSA) is 84.6 Å². The van der Waals surface area contributed by atoms with Gasteiger partial charge in [0.1, 0.15) is 6.26 Å². The minimum atomic E-state index is -0.406. The predicted molar refractivity (Wildman–Crippen MR) is 51.8 cm³/mol. The molecule has 76 valence electrons. The highest BCUT2D eigenvalue weighted by molar-refractivity contribution is 5.18. The van der Waals surface area contributed by atoms with Crippen LogP contribution in [0, 0.1) is 6.92 Å². The number of nitrogens with one attached hydrogen (secondary N) is 1. The molecule has 1 aromatic heterocycles. The fourth-order valence-electron chi connectivity index (χ4n) is 1.12. The molecule has 15 heavy (non-hydrogen) atoms. The van der Waals surface area contributed by atoms with E-state index in [0.717, 1.165) is 0 Å². The van der Waals surface area contributed by atoms with Gasteiger partial charge in [0.05, 0.1) is 6.20 Å². The molecule has 0 aliphatic heterocycles. The summed E-state index contributed by atoms with van der Waals surface area (Å²) >= 11 is 0. The van der Waals surface area contributed by atoms with Crippen molar-refractivity contribution in [1.29, 1.82) is 0 Å². The van der Waals surface area contributed by atoms with Crippen LogP contribution in [0.4, 0.5) is 6.01 Å². The largest absolute Gasteiger partial charge is 0.431 e. The number of rotatable bonds is 2. The first kappa shape index (κ1) is 9.32. The molecule has 0 bridgehead atoms. The molecule has 0 atom stereocenters. The molecule has 1 heterocycles. The minimum Gasteiger partial charge on any atom is -0.431 e. The molecule has 0 spiro atoms. The van der Waals surface area contributed by atoms with E-state index in [1.165, 1.54) is 18.5 Å². The number of aromatic nitrogens is 1. The first-order valence-corrected chi connectivity index (χ1v) is 4.19. The van der Waals surface area contributed by atoms with Gasteiger partial charge in [-0.25, -0.2) is 10.4 Å². The Balaban J connectivity index is 2.42. The Kier molecular flexibility index (Phi) is 2.17. The predicted octanol–water partition coefficient (Wildman–Crippen LogP) is -0.493. The van der Waals surface area contributed by atoms with E-state index in [2.05, 4.69) is 15.5 Å². The van der Waals surface area contributed by atoms with Crippen LogP contribution in [-0.4, -0.2) is 4.98 Å². The Labute approximate surface area is 83.6 Å². The highest BCUT2D eigenvalue weighted by atomic mass is 16.4. The lowest BCUT2D eigenvalue weighted by molar-refractivity contribution is 0.572. The van der Waals surface area contributed by atoms with Crippen molar-refractivity contribution in [3.8, 4) is 0 Å². The van der Waals surface area contributed by atoms with E-state index in [9.17, 15) is 9.59 Å². The maximum Gasteiger partial charge on any atom is 0.315 e. The standard InChI is InChI=1S/C9H7N3O3/c1-5-4-6(13)7(8(5)14)11-12-9-10-2-3-15-9/h2-4H,1H3,(H,10,12). The second kappa shape index (κ2) is 3.49. The van der Waals surface area contributed by atoms with Crippen LogP contribution >= 0.6 is 0 Å². The van der Waals surface area contributed by atoms with E-state index in [1.807, 2.05) is 0 Å². The van der Waals surface area contributed by atoms with Crippen LogP contribution in [0.5, 0.6) is 0 Å².